The normalized spacial score (nSPS) is 23.4. The first-order chi connectivity index (χ1) is 11.9. The molecule has 1 saturated carbocycles. The van der Waals surface area contributed by atoms with Crippen LogP contribution in [0.3, 0.4) is 0 Å². The van der Waals surface area contributed by atoms with Crippen molar-refractivity contribution in [3.8, 4) is 11.3 Å². The van der Waals surface area contributed by atoms with Gasteiger partial charge in [-0.3, -0.25) is 0 Å². The average Bonchev–Trinajstić information content (AvgIpc) is 2.57. The summed E-state index contributed by atoms with van der Waals surface area (Å²) in [4.78, 5) is 19.4. The van der Waals surface area contributed by atoms with Gasteiger partial charge in [0.15, 0.2) is 0 Å². The minimum absolute atomic E-state index is 0.0684. The van der Waals surface area contributed by atoms with Gasteiger partial charge in [-0.1, -0.05) is 6.07 Å². The molecule has 0 bridgehead atoms. The quantitative estimate of drug-likeness (QED) is 0.785. The van der Waals surface area contributed by atoms with E-state index in [4.69, 9.17) is 10.8 Å². The molecule has 0 amide bonds. The van der Waals surface area contributed by atoms with E-state index in [2.05, 4.69) is 9.97 Å². The highest BCUT2D eigenvalue weighted by molar-refractivity contribution is 5.88. The molecule has 4 N–H and O–H groups in total. The lowest BCUT2D eigenvalue weighted by molar-refractivity contribution is 0.0363. The monoisotopic (exact) mass is 349 g/mol. The van der Waals surface area contributed by atoms with Gasteiger partial charge in [-0.2, -0.15) is 0 Å². The molecule has 3 atom stereocenters. The van der Waals surface area contributed by atoms with Crippen LogP contribution < -0.4 is 5.73 Å². The van der Waals surface area contributed by atoms with Crippen LogP contribution in [0.1, 0.15) is 41.2 Å². The lowest BCUT2D eigenvalue weighted by Crippen LogP contribution is -2.30. The van der Waals surface area contributed by atoms with E-state index >= 15 is 0 Å². The topological polar surface area (TPSA) is 109 Å². The van der Waals surface area contributed by atoms with Gasteiger partial charge in [-0.15, -0.1) is 0 Å². The number of nitrogen functional groups attached to an aromatic ring is 1. The van der Waals surface area contributed by atoms with Crippen LogP contribution in [0.2, 0.25) is 0 Å². The molecule has 8 heteroatoms. The van der Waals surface area contributed by atoms with Crippen LogP contribution in [0.15, 0.2) is 24.4 Å². The van der Waals surface area contributed by atoms with E-state index in [0.717, 1.165) is 12.1 Å². The van der Waals surface area contributed by atoms with E-state index in [0.29, 0.717) is 24.1 Å². The molecule has 0 unspecified atom stereocenters. The van der Waals surface area contributed by atoms with Gasteiger partial charge in [0.1, 0.15) is 23.5 Å². The summed E-state index contributed by atoms with van der Waals surface area (Å²) in [7, 11) is 0. The maximum absolute atomic E-state index is 13.9. The molecular formula is C17H17F2N3O3. The number of hydrogen-bond acceptors (Lipinski definition) is 5. The van der Waals surface area contributed by atoms with E-state index in [1.54, 1.807) is 0 Å². The molecule has 1 fully saturated rings. The Kier molecular flexibility index (Phi) is 4.63. The van der Waals surface area contributed by atoms with Crippen molar-refractivity contribution < 1.29 is 23.8 Å². The summed E-state index contributed by atoms with van der Waals surface area (Å²) in [5, 5.41) is 18.4. The Hall–Kier alpha value is -2.61. The van der Waals surface area contributed by atoms with Crippen molar-refractivity contribution in [1.29, 1.82) is 0 Å². The Morgan fingerprint density at radius 1 is 1.32 bits per heavy atom. The van der Waals surface area contributed by atoms with Crippen molar-refractivity contribution >= 4 is 11.8 Å². The van der Waals surface area contributed by atoms with E-state index in [1.165, 1.54) is 12.3 Å². The molecule has 6 nitrogen and oxygen atoms in total. The standard InChI is InChI=1S/C17H17F2N3O3/c18-11-6-9(1-3-10(11)17(24)25)15-16(20)21-7-13(22-15)8-2-4-14(23)12(19)5-8/h1,3,6-8,12,14,23H,2,4-5H2,(H2,20,21)(H,24,25)/t8-,12-,14+/m1/s1. The maximum atomic E-state index is 13.9. The second-order valence-electron chi connectivity index (χ2n) is 6.12. The number of benzene rings is 1. The van der Waals surface area contributed by atoms with Crippen LogP contribution in [0.5, 0.6) is 0 Å². The van der Waals surface area contributed by atoms with Crippen molar-refractivity contribution in [2.45, 2.75) is 37.5 Å². The Labute approximate surface area is 142 Å². The van der Waals surface area contributed by atoms with Crippen molar-refractivity contribution in [3.05, 3.63) is 41.5 Å². The van der Waals surface area contributed by atoms with E-state index < -0.39 is 29.6 Å². The molecular weight excluding hydrogens is 332 g/mol. The van der Waals surface area contributed by atoms with E-state index in [1.807, 2.05) is 0 Å². The maximum Gasteiger partial charge on any atom is 0.338 e. The molecule has 132 valence electrons. The Morgan fingerprint density at radius 3 is 2.72 bits per heavy atom. The second kappa shape index (κ2) is 6.72. The van der Waals surface area contributed by atoms with Gasteiger partial charge in [0.2, 0.25) is 0 Å². The number of alkyl halides is 1. The number of aromatic nitrogens is 2. The predicted octanol–water partition coefficient (Wildman–Crippen LogP) is 2.53. The fourth-order valence-electron chi connectivity index (χ4n) is 3.03. The lowest BCUT2D eigenvalue weighted by Gasteiger charge is -2.28. The molecule has 0 aliphatic heterocycles. The first-order valence-corrected chi connectivity index (χ1v) is 7.84. The predicted molar refractivity (Wildman–Crippen MR) is 86.3 cm³/mol. The number of carboxylic acid groups (broad SMARTS) is 1. The van der Waals surface area contributed by atoms with Gasteiger partial charge in [0.25, 0.3) is 0 Å². The van der Waals surface area contributed by atoms with E-state index in [9.17, 15) is 18.7 Å². The highest BCUT2D eigenvalue weighted by Crippen LogP contribution is 2.35. The molecule has 25 heavy (non-hydrogen) atoms. The van der Waals surface area contributed by atoms with Crippen molar-refractivity contribution in [1.82, 2.24) is 9.97 Å². The zero-order valence-electron chi connectivity index (χ0n) is 13.2. The van der Waals surface area contributed by atoms with Gasteiger partial charge in [-0.05, 0) is 31.4 Å². The van der Waals surface area contributed by atoms with Gasteiger partial charge < -0.3 is 15.9 Å². The summed E-state index contributed by atoms with van der Waals surface area (Å²) < 4.78 is 27.7. The fraction of sp³-hybridized carbons (Fsp3) is 0.353. The molecule has 0 spiro atoms. The number of aromatic carboxylic acids is 1. The smallest absolute Gasteiger partial charge is 0.338 e. The van der Waals surface area contributed by atoms with Gasteiger partial charge in [0, 0.05) is 11.5 Å². The molecule has 1 heterocycles. The molecule has 3 rings (SSSR count). The summed E-state index contributed by atoms with van der Waals surface area (Å²) >= 11 is 0. The number of aliphatic hydroxyl groups is 1. The van der Waals surface area contributed by atoms with Crippen LogP contribution in [0, 0.1) is 5.82 Å². The highest BCUT2D eigenvalue weighted by Gasteiger charge is 2.31. The van der Waals surface area contributed by atoms with Gasteiger partial charge in [0.05, 0.1) is 23.6 Å². The van der Waals surface area contributed by atoms with E-state index in [-0.39, 0.29) is 23.9 Å². The summed E-state index contributed by atoms with van der Waals surface area (Å²) in [6.45, 7) is 0. The number of anilines is 1. The van der Waals surface area contributed by atoms with Crippen molar-refractivity contribution in [2.24, 2.45) is 0 Å². The number of carbonyl (C=O) groups is 1. The van der Waals surface area contributed by atoms with Crippen LogP contribution >= 0.6 is 0 Å². The molecule has 1 aliphatic carbocycles. The molecule has 1 aromatic heterocycles. The summed E-state index contributed by atoms with van der Waals surface area (Å²) in [5.41, 5.74) is 6.40. The van der Waals surface area contributed by atoms with Crippen molar-refractivity contribution in [3.63, 3.8) is 0 Å². The van der Waals surface area contributed by atoms with Gasteiger partial charge >= 0.3 is 5.97 Å². The first-order valence-electron chi connectivity index (χ1n) is 7.84. The number of rotatable bonds is 3. The van der Waals surface area contributed by atoms with Gasteiger partial charge in [-0.25, -0.2) is 23.5 Å². The SMILES string of the molecule is Nc1ncc([C@@H]2CC[C@H](O)[C@H](F)C2)nc1-c1ccc(C(=O)O)c(F)c1. The Morgan fingerprint density at radius 2 is 2.08 bits per heavy atom. The van der Waals surface area contributed by atoms with Crippen LogP contribution in [0.4, 0.5) is 14.6 Å². The lowest BCUT2D eigenvalue weighted by atomic mass is 9.84. The Bertz CT molecular complexity index is 816. The molecule has 0 radical (unpaired) electrons. The number of aliphatic hydroxyl groups excluding tert-OH is 1. The number of hydrogen-bond donors (Lipinski definition) is 3. The number of nitrogens with two attached hydrogens (primary N) is 1. The minimum atomic E-state index is -1.37. The number of carboxylic acids is 1. The van der Waals surface area contributed by atoms with Crippen molar-refractivity contribution in [2.75, 3.05) is 5.73 Å². The third-order valence-corrected chi connectivity index (χ3v) is 4.45. The minimum Gasteiger partial charge on any atom is -0.478 e. The molecule has 0 saturated heterocycles. The third kappa shape index (κ3) is 3.43. The summed E-state index contributed by atoms with van der Waals surface area (Å²) in [6, 6.07) is 3.57. The molecule has 2 aromatic rings. The molecule has 1 aliphatic rings. The number of nitrogens with zero attached hydrogens (tertiary/aromatic N) is 2. The van der Waals surface area contributed by atoms with Crippen LogP contribution in [-0.4, -0.2) is 38.4 Å². The number of halogens is 2. The summed E-state index contributed by atoms with van der Waals surface area (Å²) in [5.74, 6) is -2.42. The Balaban J connectivity index is 1.95. The average molecular weight is 349 g/mol. The summed E-state index contributed by atoms with van der Waals surface area (Å²) in [6.07, 6.45) is 0.187. The largest absolute Gasteiger partial charge is 0.478 e. The van der Waals surface area contributed by atoms with Crippen LogP contribution in [0.25, 0.3) is 11.3 Å². The fourth-order valence-corrected chi connectivity index (χ4v) is 3.03. The second-order valence-corrected chi connectivity index (χ2v) is 6.12. The zero-order valence-corrected chi connectivity index (χ0v) is 13.2. The highest BCUT2D eigenvalue weighted by atomic mass is 19.1. The zero-order chi connectivity index (χ0) is 18.1. The van der Waals surface area contributed by atoms with Crippen LogP contribution in [-0.2, 0) is 0 Å². The first kappa shape index (κ1) is 17.2. The molecule has 1 aromatic carbocycles. The third-order valence-electron chi connectivity index (χ3n) is 4.45.